The lowest BCUT2D eigenvalue weighted by Gasteiger charge is -2.56. The number of aromatic nitrogens is 4. The van der Waals surface area contributed by atoms with Gasteiger partial charge >= 0.3 is 0 Å². The lowest BCUT2D eigenvalue weighted by atomic mass is 9.87. The Morgan fingerprint density at radius 2 is 1.61 bits per heavy atom. The van der Waals surface area contributed by atoms with Crippen molar-refractivity contribution in [2.24, 2.45) is 0 Å². The van der Waals surface area contributed by atoms with Crippen LogP contribution in [-0.2, 0) is 17.6 Å². The third-order valence-corrected chi connectivity index (χ3v) is 9.54. The average Bonchev–Trinajstić information content (AvgIpc) is 3.32. The first-order valence-electron chi connectivity index (χ1n) is 15.0. The van der Waals surface area contributed by atoms with E-state index in [2.05, 4.69) is 59.3 Å². The van der Waals surface area contributed by atoms with Crippen LogP contribution in [0.3, 0.4) is 0 Å². The molecule has 1 aromatic carbocycles. The van der Waals surface area contributed by atoms with E-state index in [-0.39, 0.29) is 0 Å². The van der Waals surface area contributed by atoms with E-state index in [4.69, 9.17) is 19.7 Å². The second kappa shape index (κ2) is 9.89. The average molecular weight is 542 g/mol. The van der Waals surface area contributed by atoms with Crippen molar-refractivity contribution in [1.29, 1.82) is 0 Å². The predicted molar refractivity (Wildman–Crippen MR) is 163 cm³/mol. The van der Waals surface area contributed by atoms with Crippen LogP contribution in [-0.4, -0.2) is 56.2 Å². The Bertz CT molecular complexity index is 1740. The molecule has 0 spiro atoms. The zero-order chi connectivity index (χ0) is 27.5. The summed E-state index contributed by atoms with van der Waals surface area (Å²) >= 11 is 0. The maximum Gasteiger partial charge on any atom is 0.137 e. The van der Waals surface area contributed by atoms with E-state index >= 15 is 0 Å². The first-order valence-corrected chi connectivity index (χ1v) is 15.0. The van der Waals surface area contributed by atoms with Gasteiger partial charge in [0.1, 0.15) is 5.65 Å². The Hall–Kier alpha value is -3.87. The van der Waals surface area contributed by atoms with Gasteiger partial charge < -0.3 is 9.72 Å². The number of nitrogens with one attached hydrogen (secondary N) is 1. The molecule has 6 nitrogen and oxygen atoms in total. The van der Waals surface area contributed by atoms with Crippen LogP contribution in [0.2, 0.25) is 0 Å². The fourth-order valence-electron chi connectivity index (χ4n) is 7.32. The highest BCUT2D eigenvalue weighted by Gasteiger charge is 2.45. The second-order valence-electron chi connectivity index (χ2n) is 12.1. The van der Waals surface area contributed by atoms with Crippen LogP contribution in [0.25, 0.3) is 44.7 Å². The van der Waals surface area contributed by atoms with E-state index in [9.17, 15) is 0 Å². The molecule has 6 heterocycles. The third kappa shape index (κ3) is 4.37. The van der Waals surface area contributed by atoms with Crippen molar-refractivity contribution in [2.45, 2.75) is 64.1 Å². The minimum Gasteiger partial charge on any atom is -0.378 e. The molecule has 5 aromatic rings. The van der Waals surface area contributed by atoms with Gasteiger partial charge in [-0.05, 0) is 92.5 Å². The first-order chi connectivity index (χ1) is 20.1. The molecule has 8 rings (SSSR count). The van der Waals surface area contributed by atoms with Crippen molar-refractivity contribution in [3.63, 3.8) is 0 Å². The third-order valence-electron chi connectivity index (χ3n) is 9.54. The molecule has 2 bridgehead atoms. The quantitative estimate of drug-likeness (QED) is 0.257. The number of morpholine rings is 1. The SMILES string of the molecule is Cc1ccc(C)c(-c2ccc(-c3c[nH]c4ncc(-c5ccc6c(c5)CC[C@@H](N5C7COC[C@H]5C7)CC6)cc34)nc2)n1. The smallest absolute Gasteiger partial charge is 0.137 e. The summed E-state index contributed by atoms with van der Waals surface area (Å²) in [5.74, 6) is 0. The minimum atomic E-state index is 0.651. The van der Waals surface area contributed by atoms with Gasteiger partial charge in [0, 0.05) is 64.5 Å². The van der Waals surface area contributed by atoms with Crippen LogP contribution in [0.4, 0.5) is 0 Å². The number of fused-ring (bicyclic) bond motifs is 4. The summed E-state index contributed by atoms with van der Waals surface area (Å²) in [6.45, 7) is 5.96. The van der Waals surface area contributed by atoms with E-state index in [0.29, 0.717) is 18.1 Å². The number of aryl methyl sites for hydroxylation is 4. The summed E-state index contributed by atoms with van der Waals surface area (Å²) in [7, 11) is 0. The van der Waals surface area contributed by atoms with E-state index in [1.54, 1.807) is 0 Å². The molecule has 1 unspecified atom stereocenters. The van der Waals surface area contributed by atoms with Crippen molar-refractivity contribution in [3.8, 4) is 33.6 Å². The normalized spacial score (nSPS) is 22.2. The number of ether oxygens (including phenoxy) is 1. The highest BCUT2D eigenvalue weighted by molar-refractivity contribution is 5.95. The maximum absolute atomic E-state index is 5.75. The molecule has 3 aliphatic rings. The lowest BCUT2D eigenvalue weighted by molar-refractivity contribution is -0.148. The Balaban J connectivity index is 1.06. The summed E-state index contributed by atoms with van der Waals surface area (Å²) in [6.07, 6.45) is 12.1. The second-order valence-corrected chi connectivity index (χ2v) is 12.1. The molecule has 0 radical (unpaired) electrons. The predicted octanol–water partition coefficient (Wildman–Crippen LogP) is 6.69. The van der Waals surface area contributed by atoms with Crippen LogP contribution in [0.5, 0.6) is 0 Å². The molecule has 1 N–H and O–H groups in total. The van der Waals surface area contributed by atoms with Crippen molar-refractivity contribution in [2.75, 3.05) is 13.2 Å². The van der Waals surface area contributed by atoms with Crippen LogP contribution < -0.4 is 0 Å². The number of hydrogen-bond donors (Lipinski definition) is 1. The number of nitrogens with zero attached hydrogens (tertiary/aromatic N) is 4. The summed E-state index contributed by atoms with van der Waals surface area (Å²) in [6, 6.07) is 19.7. The number of pyridine rings is 3. The van der Waals surface area contributed by atoms with Gasteiger partial charge in [-0.1, -0.05) is 24.3 Å². The standard InChI is InChI=1S/C35H35N5O/c1-21-3-4-22(2)39-34(21)26-9-12-33(36-16-26)32-18-38-35-31(32)14-27(17-37-35)25-6-5-23-7-10-28(11-8-24(23)13-25)40-29-15-30(40)20-41-19-29/h3-6,9,12-14,16-18,28-30H,7-8,10-11,15,19-20H2,1-2H3,(H,37,38)/t28-,29+,30?/m0/s1. The van der Waals surface area contributed by atoms with Gasteiger partial charge in [-0.2, -0.15) is 0 Å². The highest BCUT2D eigenvalue weighted by atomic mass is 16.5. The zero-order valence-corrected chi connectivity index (χ0v) is 23.7. The zero-order valence-electron chi connectivity index (χ0n) is 23.7. The van der Waals surface area contributed by atoms with Gasteiger partial charge in [-0.25, -0.2) is 4.98 Å². The molecule has 206 valence electrons. The van der Waals surface area contributed by atoms with Crippen LogP contribution in [0.1, 0.15) is 41.6 Å². The van der Waals surface area contributed by atoms with Gasteiger partial charge in [0.2, 0.25) is 0 Å². The summed E-state index contributed by atoms with van der Waals surface area (Å²) < 4.78 is 5.75. The van der Waals surface area contributed by atoms with E-state index in [1.165, 1.54) is 36.0 Å². The van der Waals surface area contributed by atoms with Crippen molar-refractivity contribution in [3.05, 3.63) is 89.5 Å². The fraction of sp³-hybridized carbons (Fsp3) is 0.343. The molecule has 2 saturated heterocycles. The summed E-state index contributed by atoms with van der Waals surface area (Å²) in [5, 5.41) is 1.09. The molecule has 4 aromatic heterocycles. The van der Waals surface area contributed by atoms with E-state index < -0.39 is 0 Å². The van der Waals surface area contributed by atoms with Gasteiger partial charge in [0.25, 0.3) is 0 Å². The molecular weight excluding hydrogens is 506 g/mol. The molecule has 0 amide bonds. The Kier molecular flexibility index (Phi) is 6.01. The van der Waals surface area contributed by atoms with Crippen molar-refractivity contribution >= 4 is 11.0 Å². The van der Waals surface area contributed by atoms with Crippen LogP contribution in [0.15, 0.2) is 67.1 Å². The summed E-state index contributed by atoms with van der Waals surface area (Å²) in [4.78, 5) is 20.5. The number of rotatable bonds is 4. The van der Waals surface area contributed by atoms with Gasteiger partial charge in [-0.3, -0.25) is 14.9 Å². The van der Waals surface area contributed by atoms with Gasteiger partial charge in [0.05, 0.1) is 24.6 Å². The molecule has 1 aliphatic carbocycles. The molecule has 2 aliphatic heterocycles. The van der Waals surface area contributed by atoms with E-state index in [1.807, 2.05) is 31.6 Å². The highest BCUT2D eigenvalue weighted by Crippen LogP contribution is 2.38. The van der Waals surface area contributed by atoms with E-state index in [0.717, 1.165) is 76.4 Å². The van der Waals surface area contributed by atoms with Crippen LogP contribution in [0, 0.1) is 13.8 Å². The minimum absolute atomic E-state index is 0.651. The Morgan fingerprint density at radius 1 is 0.805 bits per heavy atom. The molecule has 3 atom stereocenters. The Labute approximate surface area is 240 Å². The number of hydrogen-bond acceptors (Lipinski definition) is 5. The molecule has 6 heteroatoms. The van der Waals surface area contributed by atoms with Crippen molar-refractivity contribution < 1.29 is 4.74 Å². The van der Waals surface area contributed by atoms with Gasteiger partial charge in [-0.15, -0.1) is 0 Å². The maximum atomic E-state index is 5.75. The largest absolute Gasteiger partial charge is 0.378 e. The Morgan fingerprint density at radius 3 is 2.41 bits per heavy atom. The topological polar surface area (TPSA) is 66.9 Å². The molecule has 41 heavy (non-hydrogen) atoms. The summed E-state index contributed by atoms with van der Waals surface area (Å²) in [5.41, 5.74) is 12.5. The fourth-order valence-corrected chi connectivity index (χ4v) is 7.32. The van der Waals surface area contributed by atoms with Gasteiger partial charge in [0.15, 0.2) is 0 Å². The first kappa shape index (κ1) is 24.9. The molecule has 0 saturated carbocycles. The molecule has 2 fully saturated rings. The van der Waals surface area contributed by atoms with Crippen molar-refractivity contribution in [1.82, 2.24) is 24.8 Å². The number of H-pyrrole nitrogens is 1. The molecular formula is C35H35N5O. The number of benzene rings is 1. The van der Waals surface area contributed by atoms with Crippen LogP contribution >= 0.6 is 0 Å². The lowest BCUT2D eigenvalue weighted by Crippen LogP contribution is -2.66. The monoisotopic (exact) mass is 541 g/mol. The number of aromatic amines is 1.